The molecule has 1 saturated carbocycles. The minimum atomic E-state index is -0.315. The lowest BCUT2D eigenvalue weighted by atomic mass is 9.77. The van der Waals surface area contributed by atoms with Gasteiger partial charge in [-0.25, -0.2) is 0 Å². The predicted octanol–water partition coefficient (Wildman–Crippen LogP) is 4.49. The van der Waals surface area contributed by atoms with E-state index < -0.39 is 0 Å². The van der Waals surface area contributed by atoms with Gasteiger partial charge in [0.2, 0.25) is 0 Å². The number of aliphatic hydroxyl groups excluding tert-OH is 2. The number of benzene rings is 2. The minimum Gasteiger partial charge on any atom is -0.396 e. The molecule has 0 saturated heterocycles. The second-order valence-corrected chi connectivity index (χ2v) is 8.01. The second-order valence-electron chi connectivity index (χ2n) is 8.01. The molecule has 3 heteroatoms. The third-order valence-corrected chi connectivity index (χ3v) is 6.08. The number of para-hydroxylation sites is 1. The molecule has 2 N–H and O–H groups in total. The Kier molecular flexibility index (Phi) is 5.33. The molecule has 0 amide bonds. The van der Waals surface area contributed by atoms with Crippen LogP contribution in [-0.2, 0) is 13.0 Å². The van der Waals surface area contributed by atoms with Crippen LogP contribution in [-0.4, -0.2) is 27.5 Å². The number of rotatable bonds is 5. The van der Waals surface area contributed by atoms with Gasteiger partial charge in [0.15, 0.2) is 0 Å². The monoisotopic (exact) mass is 363 g/mol. The fraction of sp³-hybridized carbons (Fsp3) is 0.417. The summed E-state index contributed by atoms with van der Waals surface area (Å²) in [7, 11) is 0. The first kappa shape index (κ1) is 18.3. The molecule has 2 aromatic carbocycles. The van der Waals surface area contributed by atoms with E-state index in [4.69, 9.17) is 0 Å². The zero-order valence-corrected chi connectivity index (χ0v) is 16.0. The van der Waals surface area contributed by atoms with Gasteiger partial charge in [-0.3, -0.25) is 0 Å². The van der Waals surface area contributed by atoms with Crippen molar-refractivity contribution >= 4 is 10.9 Å². The maximum absolute atomic E-state index is 10.3. The van der Waals surface area contributed by atoms with Crippen molar-refractivity contribution in [3.05, 3.63) is 71.4 Å². The van der Waals surface area contributed by atoms with Crippen LogP contribution in [0.4, 0.5) is 0 Å². The van der Waals surface area contributed by atoms with Gasteiger partial charge in [-0.2, -0.15) is 0 Å². The highest BCUT2D eigenvalue weighted by molar-refractivity contribution is 5.84. The van der Waals surface area contributed by atoms with E-state index in [1.807, 2.05) is 0 Å². The van der Waals surface area contributed by atoms with Crippen LogP contribution in [0.2, 0.25) is 0 Å². The Bertz CT molecular complexity index is 896. The van der Waals surface area contributed by atoms with E-state index in [-0.39, 0.29) is 18.6 Å². The molecular weight excluding hydrogens is 334 g/mol. The number of nitrogens with zero attached hydrogens (tertiary/aromatic N) is 1. The molecule has 1 heterocycles. The van der Waals surface area contributed by atoms with Crippen LogP contribution in [0, 0.1) is 5.92 Å². The molecule has 4 rings (SSSR count). The van der Waals surface area contributed by atoms with Crippen molar-refractivity contribution in [1.82, 2.24) is 4.57 Å². The van der Waals surface area contributed by atoms with Crippen LogP contribution in [0.5, 0.6) is 0 Å². The molecule has 27 heavy (non-hydrogen) atoms. The predicted molar refractivity (Wildman–Crippen MR) is 110 cm³/mol. The van der Waals surface area contributed by atoms with Crippen molar-refractivity contribution in [2.45, 2.75) is 51.2 Å². The van der Waals surface area contributed by atoms with Gasteiger partial charge in [0.25, 0.3) is 0 Å². The first-order chi connectivity index (χ1) is 13.2. The summed E-state index contributed by atoms with van der Waals surface area (Å²) < 4.78 is 2.33. The van der Waals surface area contributed by atoms with Crippen molar-refractivity contribution in [2.24, 2.45) is 5.92 Å². The number of aryl methyl sites for hydroxylation is 1. The molecule has 0 bridgehead atoms. The summed E-state index contributed by atoms with van der Waals surface area (Å²) in [6.45, 7) is 3.19. The van der Waals surface area contributed by atoms with E-state index in [9.17, 15) is 10.2 Å². The van der Waals surface area contributed by atoms with E-state index >= 15 is 0 Å². The highest BCUT2D eigenvalue weighted by atomic mass is 16.3. The lowest BCUT2D eigenvalue weighted by Crippen LogP contribution is -2.27. The van der Waals surface area contributed by atoms with Gasteiger partial charge in [-0.15, -0.1) is 0 Å². The van der Waals surface area contributed by atoms with Crippen LogP contribution in [0.15, 0.2) is 54.7 Å². The molecule has 1 aliphatic rings. The number of aromatic nitrogens is 1. The molecular formula is C24H29NO2. The Labute approximate surface area is 161 Å². The van der Waals surface area contributed by atoms with Gasteiger partial charge in [0, 0.05) is 30.3 Å². The van der Waals surface area contributed by atoms with Crippen LogP contribution < -0.4 is 0 Å². The van der Waals surface area contributed by atoms with Crippen molar-refractivity contribution in [3.8, 4) is 0 Å². The standard InChI is InChI=1S/C24H29NO2/c1-2-17-7-9-18(10-8-17)14-25-15-23(22-5-3-4-6-24(22)25)20-11-19(16-26)12-21(27)13-20/h3-10,15,19-21,26-27H,2,11-14,16H2,1H3. The van der Waals surface area contributed by atoms with E-state index in [0.29, 0.717) is 5.92 Å². The molecule has 0 spiro atoms. The summed E-state index contributed by atoms with van der Waals surface area (Å²) in [5, 5.41) is 21.2. The number of hydrogen-bond donors (Lipinski definition) is 2. The Hall–Kier alpha value is -2.10. The molecule has 0 aliphatic heterocycles. The SMILES string of the molecule is CCc1ccc(Cn2cc(C3CC(O)CC(CO)C3)c3ccccc32)cc1. The summed E-state index contributed by atoms with van der Waals surface area (Å²) in [6, 6.07) is 17.4. The molecule has 0 radical (unpaired) electrons. The maximum atomic E-state index is 10.3. The Morgan fingerprint density at radius 2 is 1.70 bits per heavy atom. The molecule has 3 nitrogen and oxygen atoms in total. The summed E-state index contributed by atoms with van der Waals surface area (Å²) in [5.74, 6) is 0.502. The van der Waals surface area contributed by atoms with Crippen molar-refractivity contribution in [1.29, 1.82) is 0 Å². The highest BCUT2D eigenvalue weighted by Gasteiger charge is 2.30. The fourth-order valence-electron chi connectivity index (χ4n) is 4.62. The van der Waals surface area contributed by atoms with Gasteiger partial charge < -0.3 is 14.8 Å². The molecule has 3 aromatic rings. The van der Waals surface area contributed by atoms with E-state index in [0.717, 1.165) is 32.2 Å². The molecule has 1 aromatic heterocycles. The molecule has 3 unspecified atom stereocenters. The summed E-state index contributed by atoms with van der Waals surface area (Å²) >= 11 is 0. The van der Waals surface area contributed by atoms with E-state index in [1.165, 1.54) is 27.6 Å². The summed E-state index contributed by atoms with van der Waals surface area (Å²) in [5.41, 5.74) is 5.22. The molecule has 1 aliphatic carbocycles. The highest BCUT2D eigenvalue weighted by Crippen LogP contribution is 2.40. The van der Waals surface area contributed by atoms with Crippen molar-refractivity contribution in [2.75, 3.05) is 6.61 Å². The molecule has 1 fully saturated rings. The second kappa shape index (κ2) is 7.87. The largest absolute Gasteiger partial charge is 0.396 e. The number of aliphatic hydroxyl groups is 2. The van der Waals surface area contributed by atoms with Crippen molar-refractivity contribution < 1.29 is 10.2 Å². The lowest BCUT2D eigenvalue weighted by Gasteiger charge is -2.31. The number of hydrogen-bond acceptors (Lipinski definition) is 2. The molecule has 142 valence electrons. The maximum Gasteiger partial charge on any atom is 0.0549 e. The first-order valence-corrected chi connectivity index (χ1v) is 10.1. The zero-order valence-electron chi connectivity index (χ0n) is 16.0. The Balaban J connectivity index is 1.68. The fourth-order valence-corrected chi connectivity index (χ4v) is 4.62. The van der Waals surface area contributed by atoms with Gasteiger partial charge in [0.05, 0.1) is 6.10 Å². The first-order valence-electron chi connectivity index (χ1n) is 10.1. The van der Waals surface area contributed by atoms with Crippen LogP contribution in [0.25, 0.3) is 10.9 Å². The van der Waals surface area contributed by atoms with E-state index in [1.54, 1.807) is 0 Å². The zero-order chi connectivity index (χ0) is 18.8. The number of fused-ring (bicyclic) bond motifs is 1. The Morgan fingerprint density at radius 1 is 0.963 bits per heavy atom. The Morgan fingerprint density at radius 3 is 2.44 bits per heavy atom. The van der Waals surface area contributed by atoms with Crippen LogP contribution in [0.3, 0.4) is 0 Å². The van der Waals surface area contributed by atoms with Gasteiger partial charge in [0.1, 0.15) is 0 Å². The lowest BCUT2D eigenvalue weighted by molar-refractivity contribution is 0.0652. The van der Waals surface area contributed by atoms with Gasteiger partial charge >= 0.3 is 0 Å². The van der Waals surface area contributed by atoms with E-state index in [2.05, 4.69) is 66.2 Å². The van der Waals surface area contributed by atoms with Crippen LogP contribution in [0.1, 0.15) is 48.8 Å². The van der Waals surface area contributed by atoms with Crippen LogP contribution >= 0.6 is 0 Å². The summed E-state index contributed by atoms with van der Waals surface area (Å²) in [4.78, 5) is 0. The molecule has 3 atom stereocenters. The third-order valence-electron chi connectivity index (χ3n) is 6.08. The van der Waals surface area contributed by atoms with Gasteiger partial charge in [-0.05, 0) is 60.3 Å². The quantitative estimate of drug-likeness (QED) is 0.702. The summed E-state index contributed by atoms with van der Waals surface area (Å²) in [6.07, 6.45) is 5.48. The topological polar surface area (TPSA) is 45.4 Å². The van der Waals surface area contributed by atoms with Crippen molar-refractivity contribution in [3.63, 3.8) is 0 Å². The smallest absolute Gasteiger partial charge is 0.0549 e. The average molecular weight is 364 g/mol. The average Bonchev–Trinajstić information content (AvgIpc) is 3.07. The van der Waals surface area contributed by atoms with Gasteiger partial charge in [-0.1, -0.05) is 49.4 Å². The normalized spacial score (nSPS) is 23.0. The third kappa shape index (κ3) is 3.80. The minimum absolute atomic E-state index is 0.163.